The minimum absolute atomic E-state index is 0.0716. The Morgan fingerprint density at radius 1 is 1.03 bits per heavy atom. The van der Waals surface area contributed by atoms with Crippen LogP contribution in [-0.4, -0.2) is 43.8 Å². The molecule has 0 saturated heterocycles. The van der Waals surface area contributed by atoms with Gasteiger partial charge in [-0.25, -0.2) is 12.8 Å². The van der Waals surface area contributed by atoms with E-state index in [0.717, 1.165) is 18.4 Å². The maximum Gasteiger partial charge on any atom is 0.426 e. The van der Waals surface area contributed by atoms with Crippen LogP contribution < -0.4 is 5.32 Å². The molecule has 0 aliphatic rings. The van der Waals surface area contributed by atoms with Crippen molar-refractivity contribution >= 4 is 44.1 Å². The third kappa shape index (κ3) is 7.25. The van der Waals surface area contributed by atoms with Crippen molar-refractivity contribution in [3.8, 4) is 0 Å². The Morgan fingerprint density at radius 3 is 2.14 bits per heavy atom. The standard InChI is InChI=1S/C24H26F4INO4S/c1-14-11-16(23(4,25)24(26,27)28)10-9-15(14)12-19(31)17-7-6-8-18(29)20(17)21(32)30-22(2,3)13-35(5,33)34/h6-11H,12-13H2,1-5H3,(H,30,32). The van der Waals surface area contributed by atoms with Crippen molar-refractivity contribution in [3.63, 3.8) is 0 Å². The second-order valence-corrected chi connectivity index (χ2v) is 12.6. The summed E-state index contributed by atoms with van der Waals surface area (Å²) in [5, 5.41) is 2.66. The van der Waals surface area contributed by atoms with E-state index in [1.54, 1.807) is 26.0 Å². The third-order valence-corrected chi connectivity index (χ3v) is 7.53. The number of alkyl halides is 4. The van der Waals surface area contributed by atoms with Crippen LogP contribution in [0.25, 0.3) is 0 Å². The molecule has 0 aliphatic heterocycles. The monoisotopic (exact) mass is 627 g/mol. The van der Waals surface area contributed by atoms with E-state index in [9.17, 15) is 35.6 Å². The molecule has 1 unspecified atom stereocenters. The van der Waals surface area contributed by atoms with Gasteiger partial charge in [-0.3, -0.25) is 9.59 Å². The highest BCUT2D eigenvalue weighted by Crippen LogP contribution is 2.42. The lowest BCUT2D eigenvalue weighted by Crippen LogP contribution is -2.48. The van der Waals surface area contributed by atoms with E-state index in [1.165, 1.54) is 19.1 Å². The van der Waals surface area contributed by atoms with Gasteiger partial charge in [0.05, 0.1) is 11.3 Å². The van der Waals surface area contributed by atoms with Gasteiger partial charge in [0.15, 0.2) is 5.78 Å². The number of hydrogen-bond donors (Lipinski definition) is 1. The van der Waals surface area contributed by atoms with Crippen LogP contribution in [0.2, 0.25) is 0 Å². The molecule has 2 aromatic rings. The molecule has 35 heavy (non-hydrogen) atoms. The van der Waals surface area contributed by atoms with Gasteiger partial charge in [-0.2, -0.15) is 13.2 Å². The fourth-order valence-corrected chi connectivity index (χ4v) is 5.79. The summed E-state index contributed by atoms with van der Waals surface area (Å²) in [5.74, 6) is -1.41. The van der Waals surface area contributed by atoms with Gasteiger partial charge < -0.3 is 5.32 Å². The normalized spacial score (nSPS) is 14.3. The van der Waals surface area contributed by atoms with Gasteiger partial charge >= 0.3 is 6.18 Å². The highest BCUT2D eigenvalue weighted by Gasteiger charge is 2.53. The number of amides is 1. The number of Topliss-reactive ketones (excluding diaryl/α,β-unsaturated/α-hetero) is 1. The average molecular weight is 627 g/mol. The number of sulfone groups is 1. The minimum Gasteiger partial charge on any atom is -0.346 e. The molecule has 0 aromatic heterocycles. The molecule has 0 spiro atoms. The second kappa shape index (κ2) is 10.2. The second-order valence-electron chi connectivity index (χ2n) is 9.31. The lowest BCUT2D eigenvalue weighted by atomic mass is 9.91. The molecule has 1 atom stereocenters. The van der Waals surface area contributed by atoms with Gasteiger partial charge in [-0.05, 0) is 73.0 Å². The molecule has 0 saturated carbocycles. The summed E-state index contributed by atoms with van der Waals surface area (Å²) in [7, 11) is -3.40. The zero-order valence-electron chi connectivity index (χ0n) is 19.8. The molecule has 1 amide bonds. The molecule has 0 fully saturated rings. The van der Waals surface area contributed by atoms with Crippen molar-refractivity contribution in [2.45, 2.75) is 51.5 Å². The van der Waals surface area contributed by atoms with Crippen LogP contribution in [-0.2, 0) is 21.9 Å². The third-order valence-electron chi connectivity index (χ3n) is 5.38. The van der Waals surface area contributed by atoms with Crippen LogP contribution in [0.3, 0.4) is 0 Å². The summed E-state index contributed by atoms with van der Waals surface area (Å²) in [6.07, 6.45) is -4.27. The molecule has 5 nitrogen and oxygen atoms in total. The first-order chi connectivity index (χ1) is 15.7. The zero-order valence-corrected chi connectivity index (χ0v) is 22.8. The maximum absolute atomic E-state index is 14.3. The average Bonchev–Trinajstić information content (AvgIpc) is 2.65. The molecule has 0 bridgehead atoms. The predicted octanol–water partition coefficient (Wildman–Crippen LogP) is 5.33. The Hall–Kier alpha value is -2.02. The molecule has 0 radical (unpaired) electrons. The van der Waals surface area contributed by atoms with Crippen LogP contribution in [0.1, 0.15) is 58.2 Å². The van der Waals surface area contributed by atoms with E-state index >= 15 is 0 Å². The van der Waals surface area contributed by atoms with E-state index in [1.807, 2.05) is 22.6 Å². The van der Waals surface area contributed by atoms with Gasteiger partial charge in [-0.1, -0.05) is 30.3 Å². The van der Waals surface area contributed by atoms with Crippen LogP contribution >= 0.6 is 22.6 Å². The lowest BCUT2D eigenvalue weighted by Gasteiger charge is -2.26. The fourth-order valence-electron chi connectivity index (χ4n) is 3.67. The molecule has 0 heterocycles. The summed E-state index contributed by atoms with van der Waals surface area (Å²) in [6, 6.07) is 7.99. The van der Waals surface area contributed by atoms with E-state index in [2.05, 4.69) is 5.32 Å². The summed E-state index contributed by atoms with van der Waals surface area (Å²) in [6.45, 7) is 5.02. The molecular weight excluding hydrogens is 601 g/mol. The molecule has 11 heteroatoms. The van der Waals surface area contributed by atoms with Crippen LogP contribution in [0.4, 0.5) is 17.6 Å². The van der Waals surface area contributed by atoms with Crippen molar-refractivity contribution in [2.24, 2.45) is 0 Å². The quantitative estimate of drug-likeness (QED) is 0.244. The van der Waals surface area contributed by atoms with E-state index < -0.39 is 44.5 Å². The number of aryl methyl sites for hydroxylation is 1. The van der Waals surface area contributed by atoms with Crippen LogP contribution in [0.5, 0.6) is 0 Å². The Labute approximate surface area is 215 Å². The smallest absolute Gasteiger partial charge is 0.346 e. The number of carbonyl (C=O) groups is 2. The summed E-state index contributed by atoms with van der Waals surface area (Å²) in [5.41, 5.74) is -4.37. The Morgan fingerprint density at radius 2 is 1.63 bits per heavy atom. The number of ketones is 1. The summed E-state index contributed by atoms with van der Waals surface area (Å²) in [4.78, 5) is 26.2. The molecule has 2 rings (SSSR count). The van der Waals surface area contributed by atoms with Crippen molar-refractivity contribution in [1.82, 2.24) is 5.32 Å². The first-order valence-electron chi connectivity index (χ1n) is 10.4. The first kappa shape index (κ1) is 29.2. The predicted molar refractivity (Wildman–Crippen MR) is 134 cm³/mol. The Kier molecular flexibility index (Phi) is 8.47. The number of halogens is 5. The van der Waals surface area contributed by atoms with E-state index in [4.69, 9.17) is 0 Å². The van der Waals surface area contributed by atoms with Gasteiger partial charge in [0.2, 0.25) is 5.67 Å². The van der Waals surface area contributed by atoms with Gasteiger partial charge in [0.25, 0.3) is 5.91 Å². The fraction of sp³-hybridized carbons (Fsp3) is 0.417. The summed E-state index contributed by atoms with van der Waals surface area (Å²) >= 11 is 1.89. The highest BCUT2D eigenvalue weighted by molar-refractivity contribution is 14.1. The van der Waals surface area contributed by atoms with Crippen LogP contribution in [0, 0.1) is 10.5 Å². The molecule has 0 aliphatic carbocycles. The number of benzene rings is 2. The van der Waals surface area contributed by atoms with Crippen LogP contribution in [0.15, 0.2) is 36.4 Å². The number of rotatable bonds is 8. The van der Waals surface area contributed by atoms with E-state index in [-0.39, 0.29) is 23.3 Å². The largest absolute Gasteiger partial charge is 0.426 e. The molecule has 2 aromatic carbocycles. The molecule has 192 valence electrons. The Balaban J connectivity index is 2.36. The van der Waals surface area contributed by atoms with Gasteiger partial charge in [0, 0.05) is 27.3 Å². The van der Waals surface area contributed by atoms with Crippen molar-refractivity contribution in [3.05, 3.63) is 67.8 Å². The molecular formula is C24H26F4INO4S. The lowest BCUT2D eigenvalue weighted by molar-refractivity contribution is -0.228. The van der Waals surface area contributed by atoms with Crippen molar-refractivity contribution < 1.29 is 35.6 Å². The van der Waals surface area contributed by atoms with Crippen molar-refractivity contribution in [2.75, 3.05) is 12.0 Å². The maximum atomic E-state index is 14.3. The van der Waals surface area contributed by atoms with Gasteiger partial charge in [-0.15, -0.1) is 0 Å². The number of nitrogens with one attached hydrogen (secondary N) is 1. The topological polar surface area (TPSA) is 80.3 Å². The highest BCUT2D eigenvalue weighted by atomic mass is 127. The first-order valence-corrected chi connectivity index (χ1v) is 13.6. The van der Waals surface area contributed by atoms with Crippen molar-refractivity contribution in [1.29, 1.82) is 0 Å². The van der Waals surface area contributed by atoms with Gasteiger partial charge in [0.1, 0.15) is 9.84 Å². The number of carbonyl (C=O) groups excluding carboxylic acids is 2. The zero-order chi connectivity index (χ0) is 27.0. The van der Waals surface area contributed by atoms with E-state index in [0.29, 0.717) is 21.6 Å². The number of hydrogen-bond acceptors (Lipinski definition) is 4. The summed E-state index contributed by atoms with van der Waals surface area (Å²) < 4.78 is 77.3. The minimum atomic E-state index is -5.09. The molecule has 1 N–H and O–H groups in total. The Bertz CT molecular complexity index is 1250. The SMILES string of the molecule is Cc1cc(C(C)(F)C(F)(F)F)ccc1CC(=O)c1cccc(I)c1C(=O)NC(C)(C)CS(C)(=O)=O.